The Kier molecular flexibility index (Phi) is 4.76. The highest BCUT2D eigenvalue weighted by atomic mass is 16.5. The molecule has 0 heterocycles. The first-order chi connectivity index (χ1) is 8.47. The second kappa shape index (κ2) is 5.89. The van der Waals surface area contributed by atoms with Crippen molar-refractivity contribution in [3.63, 3.8) is 0 Å². The average Bonchev–Trinajstić information content (AvgIpc) is 2.40. The summed E-state index contributed by atoms with van der Waals surface area (Å²) in [6.07, 6.45) is 0. The molecule has 100 valence electrons. The third kappa shape index (κ3) is 2.84. The monoisotopic (exact) mass is 249 g/mol. The van der Waals surface area contributed by atoms with Crippen LogP contribution in [-0.4, -0.2) is 31.0 Å². The van der Waals surface area contributed by atoms with Crippen molar-refractivity contribution in [1.29, 1.82) is 0 Å². The topological polar surface area (TPSA) is 29.5 Å². The molecule has 0 atom stereocenters. The van der Waals surface area contributed by atoms with Gasteiger partial charge in [0.2, 0.25) is 5.91 Å². The first kappa shape index (κ1) is 14.6. The molecule has 3 nitrogen and oxygen atoms in total. The van der Waals surface area contributed by atoms with Crippen molar-refractivity contribution < 1.29 is 9.53 Å². The zero-order valence-electron chi connectivity index (χ0n) is 12.0. The molecule has 0 aliphatic heterocycles. The third-order valence-electron chi connectivity index (χ3n) is 3.38. The Labute approximate surface area is 110 Å². The number of amides is 1. The molecule has 1 rings (SSSR count). The maximum absolute atomic E-state index is 12.5. The second-order valence-electron chi connectivity index (χ2n) is 4.83. The van der Waals surface area contributed by atoms with Crippen molar-refractivity contribution in [2.75, 3.05) is 20.2 Å². The van der Waals surface area contributed by atoms with Crippen molar-refractivity contribution >= 4 is 5.91 Å². The maximum atomic E-state index is 12.5. The van der Waals surface area contributed by atoms with Gasteiger partial charge in [-0.05, 0) is 45.4 Å². The molecule has 0 radical (unpaired) electrons. The summed E-state index contributed by atoms with van der Waals surface area (Å²) in [7, 11) is 1.64. The molecule has 0 aliphatic carbocycles. The van der Waals surface area contributed by atoms with Crippen molar-refractivity contribution in [2.24, 2.45) is 0 Å². The van der Waals surface area contributed by atoms with E-state index in [4.69, 9.17) is 4.74 Å². The SMILES string of the molecule is CCN(CC)C(=O)C(C)(C)c1cccc(OC)c1. The number of likely N-dealkylation sites (N-methyl/N-ethyl adjacent to an activating group) is 1. The molecule has 0 saturated heterocycles. The van der Waals surface area contributed by atoms with Gasteiger partial charge < -0.3 is 9.64 Å². The van der Waals surface area contributed by atoms with E-state index in [0.29, 0.717) is 0 Å². The molecule has 0 aromatic heterocycles. The number of carbonyl (C=O) groups is 1. The van der Waals surface area contributed by atoms with E-state index < -0.39 is 5.41 Å². The van der Waals surface area contributed by atoms with Gasteiger partial charge in [0.25, 0.3) is 0 Å². The first-order valence-corrected chi connectivity index (χ1v) is 6.41. The number of benzene rings is 1. The van der Waals surface area contributed by atoms with Crippen LogP contribution in [0.4, 0.5) is 0 Å². The Balaban J connectivity index is 3.07. The molecule has 3 heteroatoms. The number of carbonyl (C=O) groups excluding carboxylic acids is 1. The second-order valence-corrected chi connectivity index (χ2v) is 4.83. The molecule has 0 unspecified atom stereocenters. The standard InChI is InChI=1S/C15H23NO2/c1-6-16(7-2)14(17)15(3,4)12-9-8-10-13(11-12)18-5/h8-11H,6-7H2,1-5H3. The molecule has 18 heavy (non-hydrogen) atoms. The van der Waals surface area contributed by atoms with E-state index in [1.807, 2.05) is 56.9 Å². The molecule has 0 spiro atoms. The normalized spacial score (nSPS) is 11.2. The highest BCUT2D eigenvalue weighted by Gasteiger charge is 2.32. The summed E-state index contributed by atoms with van der Waals surface area (Å²) in [6, 6.07) is 7.72. The van der Waals surface area contributed by atoms with Gasteiger partial charge in [0.05, 0.1) is 12.5 Å². The Morgan fingerprint density at radius 3 is 2.39 bits per heavy atom. The minimum Gasteiger partial charge on any atom is -0.497 e. The fourth-order valence-corrected chi connectivity index (χ4v) is 2.04. The fourth-order valence-electron chi connectivity index (χ4n) is 2.04. The van der Waals surface area contributed by atoms with Gasteiger partial charge in [-0.2, -0.15) is 0 Å². The Hall–Kier alpha value is -1.51. The van der Waals surface area contributed by atoms with E-state index in [1.54, 1.807) is 7.11 Å². The Morgan fingerprint density at radius 1 is 1.28 bits per heavy atom. The number of rotatable bonds is 5. The van der Waals surface area contributed by atoms with E-state index in [9.17, 15) is 4.79 Å². The Bertz CT molecular complexity index is 409. The number of hydrogen-bond donors (Lipinski definition) is 0. The van der Waals surface area contributed by atoms with Gasteiger partial charge in [0, 0.05) is 13.1 Å². The van der Waals surface area contributed by atoms with Crippen molar-refractivity contribution in [2.45, 2.75) is 33.1 Å². The molecule has 1 aromatic carbocycles. The zero-order chi connectivity index (χ0) is 13.8. The quantitative estimate of drug-likeness (QED) is 0.803. The molecule has 0 bridgehead atoms. The maximum Gasteiger partial charge on any atom is 0.232 e. The summed E-state index contributed by atoms with van der Waals surface area (Å²) in [5.74, 6) is 0.939. The van der Waals surface area contributed by atoms with Crippen molar-refractivity contribution in [3.8, 4) is 5.75 Å². The number of hydrogen-bond acceptors (Lipinski definition) is 2. The third-order valence-corrected chi connectivity index (χ3v) is 3.38. The molecule has 1 amide bonds. The van der Waals surface area contributed by atoms with Gasteiger partial charge in [-0.1, -0.05) is 12.1 Å². The van der Waals surface area contributed by atoms with Crippen LogP contribution < -0.4 is 4.74 Å². The first-order valence-electron chi connectivity index (χ1n) is 6.41. The van der Waals surface area contributed by atoms with E-state index >= 15 is 0 Å². The smallest absolute Gasteiger partial charge is 0.232 e. The predicted molar refractivity (Wildman–Crippen MR) is 73.9 cm³/mol. The summed E-state index contributed by atoms with van der Waals surface area (Å²) >= 11 is 0. The van der Waals surface area contributed by atoms with E-state index in [1.165, 1.54) is 0 Å². The van der Waals surface area contributed by atoms with E-state index in [-0.39, 0.29) is 5.91 Å². The van der Waals surface area contributed by atoms with Gasteiger partial charge in [-0.3, -0.25) is 4.79 Å². The molecule has 0 N–H and O–H groups in total. The number of methoxy groups -OCH3 is 1. The molecular weight excluding hydrogens is 226 g/mol. The summed E-state index contributed by atoms with van der Waals surface area (Å²) in [6.45, 7) is 9.41. The molecular formula is C15H23NO2. The van der Waals surface area contributed by atoms with Crippen LogP contribution in [0.25, 0.3) is 0 Å². The summed E-state index contributed by atoms with van der Waals surface area (Å²) in [4.78, 5) is 14.4. The summed E-state index contributed by atoms with van der Waals surface area (Å²) < 4.78 is 5.22. The molecule has 0 fully saturated rings. The van der Waals surface area contributed by atoms with Crippen LogP contribution in [0.5, 0.6) is 5.75 Å². The lowest BCUT2D eigenvalue weighted by atomic mass is 9.83. The average molecular weight is 249 g/mol. The Morgan fingerprint density at radius 2 is 1.89 bits per heavy atom. The van der Waals surface area contributed by atoms with Gasteiger partial charge in [-0.15, -0.1) is 0 Å². The highest BCUT2D eigenvalue weighted by Crippen LogP contribution is 2.28. The van der Waals surface area contributed by atoms with Crippen LogP contribution >= 0.6 is 0 Å². The van der Waals surface area contributed by atoms with Gasteiger partial charge in [0.15, 0.2) is 0 Å². The minimum absolute atomic E-state index is 0.153. The number of ether oxygens (including phenoxy) is 1. The zero-order valence-corrected chi connectivity index (χ0v) is 12.0. The minimum atomic E-state index is -0.527. The lowest BCUT2D eigenvalue weighted by molar-refractivity contribution is -0.135. The van der Waals surface area contributed by atoms with Crippen LogP contribution in [0.15, 0.2) is 24.3 Å². The predicted octanol–water partition coefficient (Wildman–Crippen LogP) is 2.84. The fraction of sp³-hybridized carbons (Fsp3) is 0.533. The van der Waals surface area contributed by atoms with Gasteiger partial charge in [-0.25, -0.2) is 0 Å². The molecule has 0 aliphatic rings. The van der Waals surface area contributed by atoms with Crippen LogP contribution in [0.3, 0.4) is 0 Å². The van der Waals surface area contributed by atoms with Gasteiger partial charge in [0.1, 0.15) is 5.75 Å². The number of nitrogens with zero attached hydrogens (tertiary/aromatic N) is 1. The van der Waals surface area contributed by atoms with Crippen LogP contribution in [0.1, 0.15) is 33.3 Å². The summed E-state index contributed by atoms with van der Waals surface area (Å²) in [5.41, 5.74) is 0.458. The molecule has 0 saturated carbocycles. The largest absolute Gasteiger partial charge is 0.497 e. The van der Waals surface area contributed by atoms with Gasteiger partial charge >= 0.3 is 0 Å². The lowest BCUT2D eigenvalue weighted by Crippen LogP contribution is -2.43. The van der Waals surface area contributed by atoms with Crippen molar-refractivity contribution in [3.05, 3.63) is 29.8 Å². The lowest BCUT2D eigenvalue weighted by Gasteiger charge is -2.31. The molecule has 1 aromatic rings. The highest BCUT2D eigenvalue weighted by molar-refractivity contribution is 5.87. The van der Waals surface area contributed by atoms with Crippen LogP contribution in [0, 0.1) is 0 Å². The van der Waals surface area contributed by atoms with Crippen LogP contribution in [-0.2, 0) is 10.2 Å². The van der Waals surface area contributed by atoms with E-state index in [0.717, 1.165) is 24.4 Å². The van der Waals surface area contributed by atoms with E-state index in [2.05, 4.69) is 0 Å². The summed E-state index contributed by atoms with van der Waals surface area (Å²) in [5, 5.41) is 0. The van der Waals surface area contributed by atoms with Crippen LogP contribution in [0.2, 0.25) is 0 Å². The van der Waals surface area contributed by atoms with Crippen molar-refractivity contribution in [1.82, 2.24) is 4.90 Å².